The topological polar surface area (TPSA) is 58.5 Å². The standard InChI is InChI=1S/C13H20N4O/c1-2-9-18-12-11(5-3-6-14-12)10-17-13-15-7-4-8-16-13/h3,5-6H,2,4,7-10H2,1H3,(H2,15,16,17). The van der Waals surface area contributed by atoms with E-state index in [4.69, 9.17) is 4.74 Å². The number of ether oxygens (including phenoxy) is 1. The maximum absolute atomic E-state index is 5.61. The summed E-state index contributed by atoms with van der Waals surface area (Å²) in [7, 11) is 0. The first kappa shape index (κ1) is 12.7. The molecule has 2 rings (SSSR count). The Labute approximate surface area is 108 Å². The van der Waals surface area contributed by atoms with Crippen LogP contribution in [0.4, 0.5) is 0 Å². The van der Waals surface area contributed by atoms with E-state index < -0.39 is 0 Å². The summed E-state index contributed by atoms with van der Waals surface area (Å²) in [6.07, 6.45) is 3.84. The van der Waals surface area contributed by atoms with Crippen LogP contribution >= 0.6 is 0 Å². The maximum Gasteiger partial charge on any atom is 0.218 e. The fourth-order valence-electron chi connectivity index (χ4n) is 1.72. The normalized spacial score (nSPS) is 14.6. The largest absolute Gasteiger partial charge is 0.477 e. The fourth-order valence-corrected chi connectivity index (χ4v) is 1.72. The molecule has 0 aromatic carbocycles. The van der Waals surface area contributed by atoms with Gasteiger partial charge in [-0.25, -0.2) is 4.98 Å². The number of pyridine rings is 1. The Kier molecular flexibility index (Phi) is 4.81. The second-order valence-electron chi connectivity index (χ2n) is 4.18. The average molecular weight is 248 g/mol. The number of guanidine groups is 1. The number of rotatable bonds is 5. The first-order valence-corrected chi connectivity index (χ1v) is 6.49. The van der Waals surface area contributed by atoms with Crippen molar-refractivity contribution in [2.45, 2.75) is 26.3 Å². The lowest BCUT2D eigenvalue weighted by molar-refractivity contribution is 0.301. The molecule has 5 nitrogen and oxygen atoms in total. The van der Waals surface area contributed by atoms with Crippen LogP contribution in [-0.4, -0.2) is 30.6 Å². The highest BCUT2D eigenvalue weighted by Gasteiger charge is 2.07. The van der Waals surface area contributed by atoms with Crippen molar-refractivity contribution in [1.82, 2.24) is 15.6 Å². The molecule has 0 fully saturated rings. The average Bonchev–Trinajstić information content (AvgIpc) is 2.45. The zero-order valence-corrected chi connectivity index (χ0v) is 10.8. The highest BCUT2D eigenvalue weighted by molar-refractivity contribution is 5.80. The Morgan fingerprint density at radius 3 is 3.22 bits per heavy atom. The molecule has 0 radical (unpaired) electrons. The maximum atomic E-state index is 5.61. The summed E-state index contributed by atoms with van der Waals surface area (Å²) in [5, 5.41) is 6.50. The number of hydrogen-bond acceptors (Lipinski definition) is 5. The van der Waals surface area contributed by atoms with Crippen LogP contribution in [0.15, 0.2) is 23.3 Å². The molecule has 2 heterocycles. The monoisotopic (exact) mass is 248 g/mol. The van der Waals surface area contributed by atoms with Crippen molar-refractivity contribution in [2.75, 3.05) is 19.7 Å². The summed E-state index contributed by atoms with van der Waals surface area (Å²) in [5.74, 6) is 1.58. The van der Waals surface area contributed by atoms with Gasteiger partial charge in [-0.3, -0.25) is 4.99 Å². The van der Waals surface area contributed by atoms with Crippen LogP contribution in [0, 0.1) is 0 Å². The lowest BCUT2D eigenvalue weighted by Gasteiger charge is -2.16. The van der Waals surface area contributed by atoms with Gasteiger partial charge in [0, 0.05) is 31.4 Å². The molecule has 1 aromatic rings. The predicted molar refractivity (Wildman–Crippen MR) is 71.8 cm³/mol. The second kappa shape index (κ2) is 6.83. The lowest BCUT2D eigenvalue weighted by Crippen LogP contribution is -2.40. The van der Waals surface area contributed by atoms with E-state index >= 15 is 0 Å². The minimum absolute atomic E-state index is 0.679. The Morgan fingerprint density at radius 1 is 1.50 bits per heavy atom. The minimum atomic E-state index is 0.679. The van der Waals surface area contributed by atoms with Crippen molar-refractivity contribution in [3.8, 4) is 5.88 Å². The molecule has 1 aromatic heterocycles. The van der Waals surface area contributed by atoms with Crippen LogP contribution in [0.25, 0.3) is 0 Å². The van der Waals surface area contributed by atoms with Crippen molar-refractivity contribution < 1.29 is 4.74 Å². The molecule has 98 valence electrons. The first-order chi connectivity index (χ1) is 8.90. The molecule has 0 unspecified atom stereocenters. The molecule has 2 N–H and O–H groups in total. The molecule has 0 spiro atoms. The summed E-state index contributed by atoms with van der Waals surface area (Å²) in [5.41, 5.74) is 1.06. The highest BCUT2D eigenvalue weighted by Crippen LogP contribution is 2.14. The van der Waals surface area contributed by atoms with Gasteiger partial charge in [-0.1, -0.05) is 13.0 Å². The van der Waals surface area contributed by atoms with Crippen molar-refractivity contribution >= 4 is 5.96 Å². The van der Waals surface area contributed by atoms with Gasteiger partial charge < -0.3 is 15.4 Å². The van der Waals surface area contributed by atoms with Gasteiger partial charge in [-0.2, -0.15) is 0 Å². The van der Waals surface area contributed by atoms with E-state index in [2.05, 4.69) is 27.5 Å². The molecule has 18 heavy (non-hydrogen) atoms. The highest BCUT2D eigenvalue weighted by atomic mass is 16.5. The Balaban J connectivity index is 1.93. The van der Waals surface area contributed by atoms with Crippen molar-refractivity contribution in [1.29, 1.82) is 0 Å². The Bertz CT molecular complexity index is 406. The molecule has 5 heteroatoms. The van der Waals surface area contributed by atoms with Gasteiger partial charge in [0.1, 0.15) is 0 Å². The van der Waals surface area contributed by atoms with Crippen LogP contribution in [0.3, 0.4) is 0 Å². The number of hydrogen-bond donors (Lipinski definition) is 2. The number of aromatic nitrogens is 1. The summed E-state index contributed by atoms with van der Waals surface area (Å²) >= 11 is 0. The third-order valence-electron chi connectivity index (χ3n) is 2.64. The molecule has 1 aliphatic rings. The zero-order chi connectivity index (χ0) is 12.6. The molecular weight excluding hydrogens is 228 g/mol. The van der Waals surface area contributed by atoms with Gasteiger partial charge in [0.2, 0.25) is 5.88 Å². The fraction of sp³-hybridized carbons (Fsp3) is 0.538. The van der Waals surface area contributed by atoms with Gasteiger partial charge in [0.25, 0.3) is 0 Å². The number of nitrogens with one attached hydrogen (secondary N) is 2. The molecule has 0 atom stereocenters. The van der Waals surface area contributed by atoms with Gasteiger partial charge in [-0.15, -0.1) is 0 Å². The lowest BCUT2D eigenvalue weighted by atomic mass is 10.2. The van der Waals surface area contributed by atoms with E-state index in [-0.39, 0.29) is 0 Å². The molecule has 0 saturated carbocycles. The molecule has 0 bridgehead atoms. The molecule has 0 saturated heterocycles. The smallest absolute Gasteiger partial charge is 0.218 e. The summed E-state index contributed by atoms with van der Waals surface area (Å²) in [4.78, 5) is 8.63. The van der Waals surface area contributed by atoms with Crippen LogP contribution < -0.4 is 15.4 Å². The third kappa shape index (κ3) is 3.61. The van der Waals surface area contributed by atoms with Gasteiger partial charge >= 0.3 is 0 Å². The predicted octanol–water partition coefficient (Wildman–Crippen LogP) is 1.31. The number of aliphatic imine (C=N–C) groups is 1. The van der Waals surface area contributed by atoms with E-state index in [9.17, 15) is 0 Å². The first-order valence-electron chi connectivity index (χ1n) is 6.49. The Hall–Kier alpha value is -1.78. The second-order valence-corrected chi connectivity index (χ2v) is 4.18. The molecule has 0 amide bonds. The molecule has 0 aliphatic carbocycles. The SMILES string of the molecule is CCCOc1ncccc1CNC1=NCCCN1. The van der Waals surface area contributed by atoms with Gasteiger partial charge in [-0.05, 0) is 18.9 Å². The van der Waals surface area contributed by atoms with E-state index in [1.165, 1.54) is 0 Å². The minimum Gasteiger partial charge on any atom is -0.477 e. The van der Waals surface area contributed by atoms with E-state index in [0.717, 1.165) is 37.5 Å². The zero-order valence-electron chi connectivity index (χ0n) is 10.8. The van der Waals surface area contributed by atoms with E-state index in [1.54, 1.807) is 6.20 Å². The van der Waals surface area contributed by atoms with Gasteiger partial charge in [0.05, 0.1) is 6.61 Å². The molecule has 1 aliphatic heterocycles. The van der Waals surface area contributed by atoms with Crippen LogP contribution in [0.1, 0.15) is 25.3 Å². The van der Waals surface area contributed by atoms with Crippen molar-refractivity contribution in [3.05, 3.63) is 23.9 Å². The molecular formula is C13H20N4O. The van der Waals surface area contributed by atoms with Crippen LogP contribution in [0.2, 0.25) is 0 Å². The van der Waals surface area contributed by atoms with E-state index in [0.29, 0.717) is 19.0 Å². The number of nitrogens with zero attached hydrogens (tertiary/aromatic N) is 2. The summed E-state index contributed by atoms with van der Waals surface area (Å²) in [6.45, 7) is 5.34. The van der Waals surface area contributed by atoms with Crippen LogP contribution in [0.5, 0.6) is 5.88 Å². The van der Waals surface area contributed by atoms with Crippen LogP contribution in [-0.2, 0) is 6.54 Å². The van der Waals surface area contributed by atoms with Gasteiger partial charge in [0.15, 0.2) is 5.96 Å². The Morgan fingerprint density at radius 2 is 2.44 bits per heavy atom. The van der Waals surface area contributed by atoms with E-state index in [1.807, 2.05) is 12.1 Å². The summed E-state index contributed by atoms with van der Waals surface area (Å²) < 4.78 is 5.61. The van der Waals surface area contributed by atoms with Crippen molar-refractivity contribution in [2.24, 2.45) is 4.99 Å². The van der Waals surface area contributed by atoms with Crippen molar-refractivity contribution in [3.63, 3.8) is 0 Å². The third-order valence-corrected chi connectivity index (χ3v) is 2.64. The summed E-state index contributed by atoms with van der Waals surface area (Å²) in [6, 6.07) is 3.94. The quantitative estimate of drug-likeness (QED) is 0.825.